The lowest BCUT2D eigenvalue weighted by atomic mass is 10.0. The molecular weight excluding hydrogens is 1150 g/mol. The zero-order valence-corrected chi connectivity index (χ0v) is 51.5. The third-order valence-electron chi connectivity index (χ3n) is 13.3. The van der Waals surface area contributed by atoms with Gasteiger partial charge in [-0.05, 0) is 96.9 Å². The normalized spacial score (nSPS) is 14.5. The Labute approximate surface area is 512 Å². The fourth-order valence-electron chi connectivity index (χ4n) is 8.83. The summed E-state index contributed by atoms with van der Waals surface area (Å²) in [6.07, 6.45) is 0.558. The van der Waals surface area contributed by atoms with Gasteiger partial charge in [-0.15, -0.1) is 0 Å². The molecule has 0 spiro atoms. The number of carbonyl (C=O) groups excluding carboxylic acids is 10. The van der Waals surface area contributed by atoms with Gasteiger partial charge >= 0.3 is 0 Å². The fourth-order valence-corrected chi connectivity index (χ4v) is 9.34. The van der Waals surface area contributed by atoms with Crippen LogP contribution < -0.4 is 69.5 Å². The zero-order valence-electron chi connectivity index (χ0n) is 49.8. The highest BCUT2D eigenvalue weighted by molar-refractivity contribution is 7.80. The summed E-state index contributed by atoms with van der Waals surface area (Å²) in [6.45, 7) is 11.0. The average molecular weight is 1240 g/mol. The van der Waals surface area contributed by atoms with E-state index in [0.717, 1.165) is 0 Å². The van der Waals surface area contributed by atoms with E-state index in [0.29, 0.717) is 73.3 Å². The quantitative estimate of drug-likeness (QED) is 0.0123. The SMILES string of the molecule is CCNC(=O)[C@@H](NC(=O)[C@H](CS)NC(=O)[C@@H](NC(=O)[C@H](CCCCN)NC(=O)[C@@H](Cc1c[nH]c2ccccc12)NC(=O)[C@H](Cc1ccccc1)NC(=O)[C@H](CS)NC(=O)CNC(=O)[C@@H](CCCCN=C(NCC)NCC)NC(C)=O)[C@@H](C)O)[C@@H](C)O. The average Bonchev–Trinajstić information content (AvgIpc) is 2.95. The predicted molar refractivity (Wildman–Crippen MR) is 332 cm³/mol. The van der Waals surface area contributed by atoms with Crippen LogP contribution in [-0.4, -0.2) is 192 Å². The van der Waals surface area contributed by atoms with Crippen molar-refractivity contribution in [2.24, 2.45) is 10.7 Å². The number of hydrogen-bond donors (Lipinski definition) is 18. The number of amides is 10. The molecule has 10 atom stereocenters. The van der Waals surface area contributed by atoms with Crippen LogP contribution in [-0.2, 0) is 60.8 Å². The highest BCUT2D eigenvalue weighted by Crippen LogP contribution is 2.20. The largest absolute Gasteiger partial charge is 0.391 e. The molecular formula is C57H89N15O12S2. The van der Waals surface area contributed by atoms with Gasteiger partial charge in [0.1, 0.15) is 48.3 Å². The van der Waals surface area contributed by atoms with Gasteiger partial charge in [-0.3, -0.25) is 52.9 Å². The predicted octanol–water partition coefficient (Wildman–Crippen LogP) is -2.40. The van der Waals surface area contributed by atoms with Crippen LogP contribution >= 0.6 is 25.3 Å². The maximum absolute atomic E-state index is 14.8. The van der Waals surface area contributed by atoms with Gasteiger partial charge in [-0.25, -0.2) is 0 Å². The number of thiol groups is 2. The van der Waals surface area contributed by atoms with Crippen LogP contribution in [0.25, 0.3) is 10.9 Å². The minimum absolute atomic E-state index is 0.0342. The van der Waals surface area contributed by atoms with E-state index < -0.39 is 126 Å². The zero-order chi connectivity index (χ0) is 63.7. The van der Waals surface area contributed by atoms with Gasteiger partial charge in [-0.1, -0.05) is 48.5 Å². The maximum Gasteiger partial charge on any atom is 0.245 e. The summed E-state index contributed by atoms with van der Waals surface area (Å²) < 4.78 is 0. The molecule has 2 aromatic carbocycles. The lowest BCUT2D eigenvalue weighted by Crippen LogP contribution is -2.62. The Bertz CT molecular complexity index is 2710. The molecule has 1 heterocycles. The number of rotatable bonds is 38. The third kappa shape index (κ3) is 25.2. The Kier molecular flexibility index (Phi) is 33.2. The van der Waals surface area contributed by atoms with Crippen LogP contribution in [0.2, 0.25) is 0 Å². The molecule has 0 saturated carbocycles. The van der Waals surface area contributed by atoms with Crippen LogP contribution in [0.15, 0.2) is 65.8 Å². The van der Waals surface area contributed by atoms with Crippen LogP contribution in [0.1, 0.15) is 91.2 Å². The lowest BCUT2D eigenvalue weighted by Gasteiger charge is -2.28. The van der Waals surface area contributed by atoms with Gasteiger partial charge in [0.2, 0.25) is 59.1 Å². The second kappa shape index (κ2) is 39.3. The molecule has 3 rings (SSSR count). The van der Waals surface area contributed by atoms with Crippen molar-refractivity contribution in [2.45, 2.75) is 153 Å². The monoisotopic (exact) mass is 1240 g/mol. The molecule has 17 N–H and O–H groups in total. The van der Waals surface area contributed by atoms with Gasteiger partial charge in [0.25, 0.3) is 0 Å². The van der Waals surface area contributed by atoms with E-state index in [1.807, 2.05) is 26.0 Å². The van der Waals surface area contributed by atoms with Crippen molar-refractivity contribution in [3.8, 4) is 0 Å². The number of unbranched alkanes of at least 4 members (excludes halogenated alkanes) is 2. The van der Waals surface area contributed by atoms with E-state index in [9.17, 15) is 58.2 Å². The first-order valence-corrected chi connectivity index (χ1v) is 30.2. The van der Waals surface area contributed by atoms with Crippen molar-refractivity contribution < 1.29 is 58.2 Å². The van der Waals surface area contributed by atoms with E-state index in [4.69, 9.17) is 5.73 Å². The Morgan fingerprint density at radius 3 is 1.59 bits per heavy atom. The first-order valence-electron chi connectivity index (χ1n) is 28.9. The summed E-state index contributed by atoms with van der Waals surface area (Å²) in [5, 5.41) is 53.7. The Balaban J connectivity index is 1.88. The maximum atomic E-state index is 14.8. The molecule has 29 heteroatoms. The number of guanidine groups is 1. The van der Waals surface area contributed by atoms with Crippen LogP contribution in [0.3, 0.4) is 0 Å². The minimum atomic E-state index is -1.71. The Morgan fingerprint density at radius 2 is 1.02 bits per heavy atom. The lowest BCUT2D eigenvalue weighted by molar-refractivity contribution is -0.137. The number of carbonyl (C=O) groups is 10. The number of fused-ring (bicyclic) bond motifs is 1. The molecule has 0 radical (unpaired) electrons. The molecule has 3 aromatic rings. The Morgan fingerprint density at radius 1 is 0.535 bits per heavy atom. The van der Waals surface area contributed by atoms with Crippen molar-refractivity contribution >= 4 is 101 Å². The number of para-hydroxylation sites is 1. The standard InChI is InChI=1S/C57H89N15O12S2/c1-7-59-55(83)47(33(4)73)71-54(82)45(32-86)70-56(84)48(34(5)74)72-50(78)41(23-15-17-25-58)67-52(80)43(28-37-29-63-39-22-14-13-21-38(37)39)69-51(79)42(27-36-19-11-10-12-20-36)68-53(81)44(31-85)66-46(76)30-64-49(77)40(65-35(6)75)24-16-18-26-62-57(60-8-2)61-9-3/h10-14,19-22,29,33-34,40-45,47-48,63,73-74,85-86H,7-9,15-18,23-28,30-32,58H2,1-6H3,(H,59,83)(H,64,77)(H,65,75)(H,66,76)(H,67,80)(H,68,81)(H,69,79)(H,70,84)(H,71,82)(H,72,78)(H2,60,61,62)/t33-,34-,40-,41+,42+,43-,44+,45+,47+,48+/m1/s1. The molecule has 476 valence electrons. The summed E-state index contributed by atoms with van der Waals surface area (Å²) in [5.41, 5.74) is 7.72. The summed E-state index contributed by atoms with van der Waals surface area (Å²) in [6, 6.07) is 4.78. The van der Waals surface area contributed by atoms with Crippen molar-refractivity contribution in [3.63, 3.8) is 0 Å². The smallest absolute Gasteiger partial charge is 0.245 e. The number of benzene rings is 2. The van der Waals surface area contributed by atoms with Gasteiger partial charge in [0.05, 0.1) is 18.8 Å². The highest BCUT2D eigenvalue weighted by atomic mass is 32.1. The topological polar surface area (TPSA) is 410 Å². The molecule has 0 aliphatic heterocycles. The molecule has 10 amide bonds. The summed E-state index contributed by atoms with van der Waals surface area (Å²) in [4.78, 5) is 144. The molecule has 0 unspecified atom stereocenters. The van der Waals surface area contributed by atoms with Crippen molar-refractivity contribution in [1.29, 1.82) is 0 Å². The highest BCUT2D eigenvalue weighted by Gasteiger charge is 2.36. The number of aliphatic hydroxyl groups excluding tert-OH is 2. The first-order chi connectivity index (χ1) is 41.1. The molecule has 0 saturated heterocycles. The fraction of sp³-hybridized carbons (Fsp3) is 0.561. The molecule has 1 aromatic heterocycles. The van der Waals surface area contributed by atoms with Gasteiger partial charge in [0.15, 0.2) is 5.96 Å². The van der Waals surface area contributed by atoms with Crippen LogP contribution in [0.5, 0.6) is 0 Å². The number of likely N-dealkylation sites (N-methyl/N-ethyl adjacent to an activating group) is 1. The van der Waals surface area contributed by atoms with Gasteiger partial charge < -0.3 is 84.7 Å². The number of nitrogens with one attached hydrogen (secondary N) is 13. The Hall–Kier alpha value is -7.47. The molecule has 0 aliphatic rings. The number of nitrogens with zero attached hydrogens (tertiary/aromatic N) is 1. The molecule has 0 aliphatic carbocycles. The van der Waals surface area contributed by atoms with E-state index in [-0.39, 0.29) is 50.3 Å². The van der Waals surface area contributed by atoms with Gasteiger partial charge in [-0.2, -0.15) is 25.3 Å². The number of hydrogen-bond acceptors (Lipinski definition) is 16. The van der Waals surface area contributed by atoms with Crippen molar-refractivity contribution in [2.75, 3.05) is 50.8 Å². The van der Waals surface area contributed by atoms with Crippen LogP contribution in [0, 0.1) is 0 Å². The summed E-state index contributed by atoms with van der Waals surface area (Å²) in [7, 11) is 0. The number of H-pyrrole nitrogens is 1. The van der Waals surface area contributed by atoms with E-state index in [1.54, 1.807) is 55.6 Å². The second-order valence-electron chi connectivity index (χ2n) is 20.4. The number of aromatic amines is 1. The summed E-state index contributed by atoms with van der Waals surface area (Å²) in [5.74, 6) is -7.82. The van der Waals surface area contributed by atoms with E-state index >= 15 is 0 Å². The van der Waals surface area contributed by atoms with Crippen molar-refractivity contribution in [3.05, 3.63) is 71.9 Å². The number of nitrogens with two attached hydrogens (primary N) is 1. The second-order valence-corrected chi connectivity index (χ2v) is 21.1. The minimum Gasteiger partial charge on any atom is -0.391 e. The number of aromatic nitrogens is 1. The third-order valence-corrected chi connectivity index (χ3v) is 14.1. The molecule has 86 heavy (non-hydrogen) atoms. The van der Waals surface area contributed by atoms with Gasteiger partial charge in [0, 0.05) is 74.5 Å². The number of aliphatic imine (C=N–C) groups is 1. The molecule has 0 fully saturated rings. The number of aliphatic hydroxyl groups is 2. The van der Waals surface area contributed by atoms with Crippen LogP contribution in [0.4, 0.5) is 0 Å². The first kappa shape index (κ1) is 72.8. The molecule has 27 nitrogen and oxygen atoms in total. The molecule has 0 bridgehead atoms. The van der Waals surface area contributed by atoms with E-state index in [2.05, 4.69) is 99.0 Å². The van der Waals surface area contributed by atoms with E-state index in [1.165, 1.54) is 20.8 Å². The van der Waals surface area contributed by atoms with Crippen molar-refractivity contribution in [1.82, 2.24) is 68.8 Å². The summed E-state index contributed by atoms with van der Waals surface area (Å²) >= 11 is 8.49.